The van der Waals surface area contributed by atoms with Crippen LogP contribution in [0.4, 0.5) is 0 Å². The Morgan fingerprint density at radius 3 is 2.80 bits per heavy atom. The lowest BCUT2D eigenvalue weighted by Gasteiger charge is -2.05. The van der Waals surface area contributed by atoms with Crippen LogP contribution in [0.3, 0.4) is 0 Å². The third kappa shape index (κ3) is 2.35. The van der Waals surface area contributed by atoms with Crippen LogP contribution >= 0.6 is 0 Å². The minimum absolute atomic E-state index is 0.0330. The number of methoxy groups -OCH3 is 1. The molecular weight excluding hydrogens is 196 g/mol. The highest BCUT2D eigenvalue weighted by Crippen LogP contribution is 2.21. The van der Waals surface area contributed by atoms with Gasteiger partial charge in [-0.3, -0.25) is 4.79 Å². The van der Waals surface area contributed by atoms with Crippen LogP contribution in [0.25, 0.3) is 0 Å². The lowest BCUT2D eigenvalue weighted by atomic mass is 10.1. The fourth-order valence-electron chi connectivity index (χ4n) is 1.13. The van der Waals surface area contributed by atoms with Crippen LogP contribution in [-0.2, 0) is 4.79 Å². The zero-order valence-corrected chi connectivity index (χ0v) is 7.98. The van der Waals surface area contributed by atoms with Gasteiger partial charge in [0, 0.05) is 5.56 Å². The second-order valence-corrected chi connectivity index (χ2v) is 2.58. The molecule has 1 aromatic carbocycles. The smallest absolute Gasteiger partial charge is 0.340 e. The highest BCUT2D eigenvalue weighted by Gasteiger charge is 2.14. The predicted octanol–water partition coefficient (Wildman–Crippen LogP) is 0.944. The Morgan fingerprint density at radius 2 is 2.27 bits per heavy atom. The summed E-state index contributed by atoms with van der Waals surface area (Å²) in [6.45, 7) is 0. The molecule has 0 aliphatic heterocycles. The van der Waals surface area contributed by atoms with Gasteiger partial charge in [-0.1, -0.05) is 12.0 Å². The topological polar surface area (TPSA) is 63.6 Å². The van der Waals surface area contributed by atoms with Gasteiger partial charge in [0.05, 0.1) is 7.11 Å². The Kier molecular flexibility index (Phi) is 3.47. The number of carboxylic acid groups (broad SMARTS) is 1. The van der Waals surface area contributed by atoms with E-state index in [4.69, 9.17) is 9.84 Å². The molecule has 0 atom stereocenters. The van der Waals surface area contributed by atoms with E-state index in [-0.39, 0.29) is 16.9 Å². The number of carbonyl (C=O) groups excluding carboxylic acids is 1. The van der Waals surface area contributed by atoms with Crippen molar-refractivity contribution in [3.8, 4) is 17.6 Å². The molecule has 15 heavy (non-hydrogen) atoms. The maximum atomic E-state index is 10.9. The van der Waals surface area contributed by atoms with Crippen molar-refractivity contribution in [3.05, 3.63) is 29.3 Å². The average molecular weight is 204 g/mol. The van der Waals surface area contributed by atoms with Gasteiger partial charge in [-0.05, 0) is 18.1 Å². The summed E-state index contributed by atoms with van der Waals surface area (Å²) in [5, 5.41) is 8.94. The van der Waals surface area contributed by atoms with E-state index < -0.39 is 5.97 Å². The van der Waals surface area contributed by atoms with Crippen molar-refractivity contribution in [3.63, 3.8) is 0 Å². The third-order valence-corrected chi connectivity index (χ3v) is 1.73. The number of aromatic carboxylic acids is 1. The molecule has 4 nitrogen and oxygen atoms in total. The highest BCUT2D eigenvalue weighted by atomic mass is 16.5. The normalized spacial score (nSPS) is 8.60. The second-order valence-electron chi connectivity index (χ2n) is 2.58. The van der Waals surface area contributed by atoms with Crippen molar-refractivity contribution in [1.82, 2.24) is 0 Å². The van der Waals surface area contributed by atoms with Crippen LogP contribution in [0.2, 0.25) is 0 Å². The molecule has 0 aliphatic carbocycles. The molecule has 0 spiro atoms. The first kappa shape index (κ1) is 10.8. The highest BCUT2D eigenvalue weighted by molar-refractivity contribution is 5.94. The molecule has 76 valence electrons. The minimum Gasteiger partial charge on any atom is -0.496 e. The molecule has 1 N–H and O–H groups in total. The molecule has 0 radical (unpaired) electrons. The summed E-state index contributed by atoms with van der Waals surface area (Å²) in [4.78, 5) is 21.0. The van der Waals surface area contributed by atoms with E-state index in [0.717, 1.165) is 0 Å². The van der Waals surface area contributed by atoms with Crippen LogP contribution in [0, 0.1) is 11.8 Å². The summed E-state index contributed by atoms with van der Waals surface area (Å²) in [6.07, 6.45) is 0.408. The summed E-state index contributed by atoms with van der Waals surface area (Å²) in [7, 11) is 1.37. The lowest BCUT2D eigenvalue weighted by Crippen LogP contribution is -2.03. The molecule has 0 amide bonds. The fourth-order valence-corrected chi connectivity index (χ4v) is 1.13. The van der Waals surface area contributed by atoms with Crippen molar-refractivity contribution < 1.29 is 19.4 Å². The Balaban J connectivity index is 3.37. The van der Waals surface area contributed by atoms with Crippen molar-refractivity contribution in [1.29, 1.82) is 0 Å². The third-order valence-electron chi connectivity index (χ3n) is 1.73. The van der Waals surface area contributed by atoms with Gasteiger partial charge >= 0.3 is 5.97 Å². The summed E-state index contributed by atoms with van der Waals surface area (Å²) in [6, 6.07) is 4.65. The van der Waals surface area contributed by atoms with E-state index in [1.807, 2.05) is 0 Å². The largest absolute Gasteiger partial charge is 0.496 e. The molecule has 0 fully saturated rings. The van der Waals surface area contributed by atoms with Gasteiger partial charge in [-0.25, -0.2) is 4.79 Å². The molecule has 0 unspecified atom stereocenters. The molecule has 0 aromatic heterocycles. The molecule has 0 saturated carbocycles. The average Bonchev–Trinajstić information content (AvgIpc) is 2.25. The molecule has 4 heteroatoms. The SMILES string of the molecule is COc1cccc(C#CC=O)c1C(=O)O. The number of ether oxygens (including phenoxy) is 1. The number of carbonyl (C=O) groups is 2. The van der Waals surface area contributed by atoms with Crippen LogP contribution in [0.15, 0.2) is 18.2 Å². The van der Waals surface area contributed by atoms with Crippen molar-refractivity contribution in [2.45, 2.75) is 0 Å². The van der Waals surface area contributed by atoms with Crippen LogP contribution in [-0.4, -0.2) is 24.5 Å². The lowest BCUT2D eigenvalue weighted by molar-refractivity contribution is -0.103. The number of hydrogen-bond acceptors (Lipinski definition) is 3. The van der Waals surface area contributed by atoms with Crippen molar-refractivity contribution in [2.24, 2.45) is 0 Å². The Morgan fingerprint density at radius 1 is 1.53 bits per heavy atom. The van der Waals surface area contributed by atoms with Crippen molar-refractivity contribution in [2.75, 3.05) is 7.11 Å². The zero-order valence-electron chi connectivity index (χ0n) is 7.98. The van der Waals surface area contributed by atoms with E-state index in [9.17, 15) is 9.59 Å². The maximum absolute atomic E-state index is 10.9. The fraction of sp³-hybridized carbons (Fsp3) is 0.0909. The Bertz CT molecular complexity index is 451. The monoisotopic (exact) mass is 204 g/mol. The van der Waals surface area contributed by atoms with Crippen LogP contribution in [0.1, 0.15) is 15.9 Å². The van der Waals surface area contributed by atoms with Gasteiger partial charge in [0.25, 0.3) is 0 Å². The van der Waals surface area contributed by atoms with Crippen molar-refractivity contribution >= 4 is 12.3 Å². The number of benzene rings is 1. The molecule has 0 saturated heterocycles. The minimum atomic E-state index is -1.14. The summed E-state index contributed by atoms with van der Waals surface area (Å²) in [5.74, 6) is 3.69. The first-order valence-corrected chi connectivity index (χ1v) is 4.06. The van der Waals surface area contributed by atoms with E-state index in [0.29, 0.717) is 6.29 Å². The number of carboxylic acids is 1. The first-order chi connectivity index (χ1) is 7.20. The summed E-state index contributed by atoms with van der Waals surface area (Å²) in [5.41, 5.74) is 0.225. The Labute approximate surface area is 86.5 Å². The second kappa shape index (κ2) is 4.82. The molecule has 0 bridgehead atoms. The van der Waals surface area contributed by atoms with E-state index >= 15 is 0 Å². The predicted molar refractivity (Wildman–Crippen MR) is 52.9 cm³/mol. The first-order valence-electron chi connectivity index (χ1n) is 4.06. The maximum Gasteiger partial charge on any atom is 0.340 e. The molecule has 0 heterocycles. The van der Waals surface area contributed by atoms with E-state index in [2.05, 4.69) is 11.8 Å². The van der Waals surface area contributed by atoms with Crippen LogP contribution < -0.4 is 4.74 Å². The molecule has 1 aromatic rings. The van der Waals surface area contributed by atoms with Crippen LogP contribution in [0.5, 0.6) is 5.75 Å². The Hall–Kier alpha value is -2.28. The van der Waals surface area contributed by atoms with E-state index in [1.54, 1.807) is 6.07 Å². The number of hydrogen-bond donors (Lipinski definition) is 1. The molecule has 0 aliphatic rings. The van der Waals surface area contributed by atoms with Gasteiger partial charge in [0.1, 0.15) is 11.3 Å². The number of aldehydes is 1. The molecule has 1 rings (SSSR count). The summed E-state index contributed by atoms with van der Waals surface area (Å²) >= 11 is 0. The van der Waals surface area contributed by atoms with Gasteiger partial charge in [0.15, 0.2) is 6.29 Å². The van der Waals surface area contributed by atoms with Gasteiger partial charge < -0.3 is 9.84 Å². The van der Waals surface area contributed by atoms with Gasteiger partial charge in [0.2, 0.25) is 0 Å². The van der Waals surface area contributed by atoms with E-state index in [1.165, 1.54) is 19.2 Å². The molecular formula is C11H8O4. The summed E-state index contributed by atoms with van der Waals surface area (Å²) < 4.78 is 4.89. The number of rotatable bonds is 2. The standard InChI is InChI=1S/C11H8O4/c1-15-9-6-2-4-8(5-3-7-12)10(9)11(13)14/h2,4,6-7H,1H3,(H,13,14). The van der Waals surface area contributed by atoms with Gasteiger partial charge in [-0.15, -0.1) is 0 Å². The van der Waals surface area contributed by atoms with Gasteiger partial charge in [-0.2, -0.15) is 0 Å². The quantitative estimate of drug-likeness (QED) is 0.575. The zero-order chi connectivity index (χ0) is 11.3.